The lowest BCUT2D eigenvalue weighted by Gasteiger charge is -2.18. The lowest BCUT2D eigenvalue weighted by Crippen LogP contribution is -2.29. The van der Waals surface area contributed by atoms with E-state index in [0.717, 1.165) is 17.7 Å². The molecule has 0 saturated heterocycles. The summed E-state index contributed by atoms with van der Waals surface area (Å²) in [5, 5.41) is 5.14. The van der Waals surface area contributed by atoms with Crippen molar-refractivity contribution in [2.45, 2.75) is 11.3 Å². The van der Waals surface area contributed by atoms with Crippen LogP contribution in [0.3, 0.4) is 0 Å². The highest BCUT2D eigenvalue weighted by Crippen LogP contribution is 2.31. The van der Waals surface area contributed by atoms with Crippen LogP contribution in [0.4, 0.5) is 5.69 Å². The summed E-state index contributed by atoms with van der Waals surface area (Å²) in [7, 11) is -3.85. The van der Waals surface area contributed by atoms with E-state index in [2.05, 4.69) is 15.9 Å². The zero-order valence-electron chi connectivity index (χ0n) is 11.5. The van der Waals surface area contributed by atoms with Crippen molar-refractivity contribution in [3.8, 4) is 0 Å². The molecule has 1 heterocycles. The summed E-state index contributed by atoms with van der Waals surface area (Å²) in [6, 6.07) is 11.9. The lowest BCUT2D eigenvalue weighted by molar-refractivity contribution is 0.0988. The third-order valence-electron chi connectivity index (χ3n) is 3.63. The van der Waals surface area contributed by atoms with E-state index in [0.29, 0.717) is 11.0 Å². The van der Waals surface area contributed by atoms with Crippen molar-refractivity contribution >= 4 is 37.5 Å². The molecule has 2 aromatic carbocycles. The van der Waals surface area contributed by atoms with E-state index < -0.39 is 10.0 Å². The molecule has 1 aliphatic rings. The zero-order chi connectivity index (χ0) is 15.9. The number of sulfonamides is 1. The molecule has 3 rings (SSSR count). The van der Waals surface area contributed by atoms with Gasteiger partial charge in [-0.2, -0.15) is 0 Å². The minimum Gasteiger partial charge on any atom is -0.308 e. The minimum absolute atomic E-state index is 0.0773. The Morgan fingerprint density at radius 2 is 1.91 bits per heavy atom. The molecule has 0 radical (unpaired) electrons. The van der Waals surface area contributed by atoms with E-state index in [-0.39, 0.29) is 16.4 Å². The number of primary sulfonamides is 1. The molecule has 0 fully saturated rings. The molecular formula is C15H13BrN2O3S. The Morgan fingerprint density at radius 3 is 2.64 bits per heavy atom. The minimum atomic E-state index is -3.85. The maximum absolute atomic E-state index is 12.8. The molecule has 0 bridgehead atoms. The molecule has 1 aliphatic heterocycles. The molecule has 0 unspecified atom stereocenters. The number of anilines is 1. The molecule has 0 spiro atoms. The highest BCUT2D eigenvalue weighted by Gasteiger charge is 2.27. The van der Waals surface area contributed by atoms with Crippen LogP contribution in [0.2, 0.25) is 0 Å². The summed E-state index contributed by atoms with van der Waals surface area (Å²) in [6.45, 7) is 0.574. The molecule has 114 valence electrons. The summed E-state index contributed by atoms with van der Waals surface area (Å²) >= 11 is 3.30. The van der Waals surface area contributed by atoms with Crippen LogP contribution in [-0.2, 0) is 16.4 Å². The van der Waals surface area contributed by atoms with Gasteiger partial charge in [-0.3, -0.25) is 4.79 Å². The molecule has 22 heavy (non-hydrogen) atoms. The number of nitrogens with zero attached hydrogens (tertiary/aromatic N) is 1. The lowest BCUT2D eigenvalue weighted by atomic mass is 10.1. The molecule has 2 N–H and O–H groups in total. The Kier molecular flexibility index (Phi) is 3.80. The van der Waals surface area contributed by atoms with Crippen molar-refractivity contribution in [2.24, 2.45) is 5.14 Å². The summed E-state index contributed by atoms with van der Waals surface area (Å²) < 4.78 is 23.5. The predicted molar refractivity (Wildman–Crippen MR) is 87.3 cm³/mol. The monoisotopic (exact) mass is 380 g/mol. The van der Waals surface area contributed by atoms with Gasteiger partial charge >= 0.3 is 0 Å². The number of benzene rings is 2. The van der Waals surface area contributed by atoms with Gasteiger partial charge in [-0.25, -0.2) is 13.6 Å². The van der Waals surface area contributed by atoms with E-state index in [4.69, 9.17) is 5.14 Å². The van der Waals surface area contributed by atoms with Crippen LogP contribution in [-0.4, -0.2) is 20.9 Å². The van der Waals surface area contributed by atoms with Gasteiger partial charge in [-0.1, -0.05) is 18.2 Å². The van der Waals surface area contributed by atoms with Crippen LogP contribution >= 0.6 is 15.9 Å². The largest absolute Gasteiger partial charge is 0.308 e. The van der Waals surface area contributed by atoms with Crippen molar-refractivity contribution < 1.29 is 13.2 Å². The van der Waals surface area contributed by atoms with Gasteiger partial charge in [0.2, 0.25) is 10.0 Å². The Morgan fingerprint density at radius 1 is 1.18 bits per heavy atom. The number of rotatable bonds is 2. The van der Waals surface area contributed by atoms with Crippen LogP contribution < -0.4 is 10.0 Å². The van der Waals surface area contributed by atoms with Crippen LogP contribution in [0.1, 0.15) is 15.9 Å². The number of amides is 1. The van der Waals surface area contributed by atoms with Gasteiger partial charge in [0.25, 0.3) is 5.91 Å². The average Bonchev–Trinajstić information content (AvgIpc) is 2.89. The standard InChI is InChI=1S/C15H13BrN2O3S/c16-13-6-5-11(22(17,20)21)9-12(13)15(19)18-8-7-10-3-1-2-4-14(10)18/h1-6,9H,7-8H2,(H2,17,20,21). The fourth-order valence-corrected chi connectivity index (χ4v) is 3.50. The van der Waals surface area contributed by atoms with Gasteiger partial charge in [-0.15, -0.1) is 0 Å². The predicted octanol–water partition coefficient (Wildman–Crippen LogP) is 2.30. The number of para-hydroxylation sites is 1. The topological polar surface area (TPSA) is 80.5 Å². The summed E-state index contributed by atoms with van der Waals surface area (Å²) in [5.74, 6) is -0.248. The Balaban J connectivity index is 2.04. The second-order valence-electron chi connectivity index (χ2n) is 5.02. The van der Waals surface area contributed by atoms with Gasteiger partial charge < -0.3 is 4.90 Å². The number of fused-ring (bicyclic) bond motifs is 1. The first-order valence-corrected chi connectivity index (χ1v) is 8.94. The summed E-state index contributed by atoms with van der Waals surface area (Å²) in [4.78, 5) is 14.3. The van der Waals surface area contributed by atoms with E-state index in [1.165, 1.54) is 18.2 Å². The molecule has 0 atom stereocenters. The van der Waals surface area contributed by atoms with E-state index in [9.17, 15) is 13.2 Å². The van der Waals surface area contributed by atoms with Crippen molar-refractivity contribution in [3.05, 3.63) is 58.1 Å². The van der Waals surface area contributed by atoms with E-state index >= 15 is 0 Å². The summed E-state index contributed by atoms with van der Waals surface area (Å²) in [5.41, 5.74) is 2.25. The molecule has 1 amide bonds. The maximum Gasteiger partial charge on any atom is 0.259 e. The molecule has 0 saturated carbocycles. The Hall–Kier alpha value is -1.70. The van der Waals surface area contributed by atoms with Gasteiger partial charge in [-0.05, 0) is 52.2 Å². The van der Waals surface area contributed by atoms with Crippen molar-refractivity contribution in [1.82, 2.24) is 0 Å². The SMILES string of the molecule is NS(=O)(=O)c1ccc(Br)c(C(=O)N2CCc3ccccc32)c1. The number of hydrogen-bond donors (Lipinski definition) is 1. The van der Waals surface area contributed by atoms with Crippen LogP contribution in [0.5, 0.6) is 0 Å². The van der Waals surface area contributed by atoms with Crippen LogP contribution in [0, 0.1) is 0 Å². The quantitative estimate of drug-likeness (QED) is 0.867. The van der Waals surface area contributed by atoms with E-state index in [1.807, 2.05) is 24.3 Å². The van der Waals surface area contributed by atoms with Gasteiger partial charge in [0, 0.05) is 16.7 Å². The van der Waals surface area contributed by atoms with Crippen LogP contribution in [0.25, 0.3) is 0 Å². The second-order valence-corrected chi connectivity index (χ2v) is 7.44. The van der Waals surface area contributed by atoms with Crippen molar-refractivity contribution in [3.63, 3.8) is 0 Å². The highest BCUT2D eigenvalue weighted by atomic mass is 79.9. The summed E-state index contributed by atoms with van der Waals surface area (Å²) in [6.07, 6.45) is 0.786. The van der Waals surface area contributed by atoms with Gasteiger partial charge in [0.15, 0.2) is 0 Å². The number of carbonyl (C=O) groups is 1. The fraction of sp³-hybridized carbons (Fsp3) is 0.133. The number of hydrogen-bond acceptors (Lipinski definition) is 3. The zero-order valence-corrected chi connectivity index (χ0v) is 13.9. The normalized spacial score (nSPS) is 14.0. The number of halogens is 1. The smallest absolute Gasteiger partial charge is 0.259 e. The Bertz CT molecular complexity index is 865. The first-order chi connectivity index (χ1) is 10.4. The molecule has 7 heteroatoms. The van der Waals surface area contributed by atoms with Crippen molar-refractivity contribution in [2.75, 3.05) is 11.4 Å². The second kappa shape index (κ2) is 5.49. The van der Waals surface area contributed by atoms with Gasteiger partial charge in [0.05, 0.1) is 10.5 Å². The fourth-order valence-electron chi connectivity index (χ4n) is 2.54. The molecular weight excluding hydrogens is 368 g/mol. The van der Waals surface area contributed by atoms with Crippen molar-refractivity contribution in [1.29, 1.82) is 0 Å². The molecule has 0 aliphatic carbocycles. The highest BCUT2D eigenvalue weighted by molar-refractivity contribution is 9.10. The number of carbonyl (C=O) groups excluding carboxylic acids is 1. The first-order valence-electron chi connectivity index (χ1n) is 6.60. The van der Waals surface area contributed by atoms with E-state index in [1.54, 1.807) is 4.90 Å². The van der Waals surface area contributed by atoms with Gasteiger partial charge in [0.1, 0.15) is 0 Å². The maximum atomic E-state index is 12.8. The average molecular weight is 381 g/mol. The Labute approximate surface area is 136 Å². The third kappa shape index (κ3) is 2.67. The first kappa shape index (κ1) is 15.2. The molecule has 2 aromatic rings. The van der Waals surface area contributed by atoms with Crippen LogP contribution in [0.15, 0.2) is 51.8 Å². The molecule has 0 aromatic heterocycles. The number of nitrogens with two attached hydrogens (primary N) is 1. The third-order valence-corrected chi connectivity index (χ3v) is 5.23. The molecule has 5 nitrogen and oxygen atoms in total.